The number of hydrogen-bond donors (Lipinski definition) is 9. The predicted octanol–water partition coefficient (Wildman–Crippen LogP) is -6.02. The molecule has 28 heavy (non-hydrogen) atoms. The molecule has 0 saturated carbocycles. The maximum absolute atomic E-state index is 10.3. The topological polar surface area (TPSA) is 219 Å². The van der Waals surface area contributed by atoms with E-state index in [-0.39, 0.29) is 0 Å². The minimum absolute atomic E-state index is 0.448. The Morgan fingerprint density at radius 2 is 1.25 bits per heavy atom. The molecule has 2 aliphatic rings. The Morgan fingerprint density at radius 1 is 0.714 bits per heavy atom. The zero-order valence-corrected chi connectivity index (χ0v) is 14.8. The molecule has 13 heteroatoms. The lowest BCUT2D eigenvalue weighted by Crippen LogP contribution is -2.64. The Balaban J connectivity index is 2.15. The van der Waals surface area contributed by atoms with Crippen molar-refractivity contribution in [2.75, 3.05) is 26.4 Å². The maximum atomic E-state index is 10.3. The van der Waals surface area contributed by atoms with Gasteiger partial charge in [0.2, 0.25) is 0 Å². The van der Waals surface area contributed by atoms with Crippen LogP contribution in [0.15, 0.2) is 0 Å². The van der Waals surface area contributed by atoms with Gasteiger partial charge in [0.15, 0.2) is 12.6 Å². The van der Waals surface area contributed by atoms with Crippen molar-refractivity contribution < 1.29 is 64.9 Å². The van der Waals surface area contributed by atoms with Gasteiger partial charge in [-0.25, -0.2) is 0 Å². The minimum Gasteiger partial charge on any atom is -0.394 e. The second-order valence-electron chi connectivity index (χ2n) is 6.67. The van der Waals surface area contributed by atoms with Gasteiger partial charge < -0.3 is 64.9 Å². The van der Waals surface area contributed by atoms with E-state index >= 15 is 0 Å². The third-order valence-electron chi connectivity index (χ3n) is 4.63. The van der Waals surface area contributed by atoms with Crippen molar-refractivity contribution in [2.45, 2.75) is 67.5 Å². The van der Waals surface area contributed by atoms with Gasteiger partial charge in [0, 0.05) is 0 Å². The molecule has 2 fully saturated rings. The second-order valence-corrected chi connectivity index (χ2v) is 6.67. The molecule has 0 aromatic heterocycles. The van der Waals surface area contributed by atoms with Gasteiger partial charge in [0.25, 0.3) is 0 Å². The number of aliphatic hydroxyl groups is 9. The fourth-order valence-electron chi connectivity index (χ4n) is 2.93. The number of hydrogen-bond acceptors (Lipinski definition) is 13. The Morgan fingerprint density at radius 3 is 1.79 bits per heavy atom. The second kappa shape index (κ2) is 10.5. The first kappa shape index (κ1) is 23.8. The van der Waals surface area contributed by atoms with Gasteiger partial charge in [0.05, 0.1) is 26.4 Å². The molecule has 2 rings (SSSR count). The van der Waals surface area contributed by atoms with E-state index in [0.717, 1.165) is 0 Å². The highest BCUT2D eigenvalue weighted by Crippen LogP contribution is 2.29. The fraction of sp³-hybridized carbons (Fsp3) is 1.00. The van der Waals surface area contributed by atoms with E-state index in [1.54, 1.807) is 0 Å². The molecular weight excluding hydrogens is 388 g/mol. The third kappa shape index (κ3) is 5.14. The molecule has 2 saturated heterocycles. The van der Waals surface area contributed by atoms with E-state index in [0.29, 0.717) is 0 Å². The summed E-state index contributed by atoms with van der Waals surface area (Å²) in [6.07, 6.45) is -16.9. The van der Waals surface area contributed by atoms with Crippen molar-refractivity contribution in [1.82, 2.24) is 0 Å². The summed E-state index contributed by atoms with van der Waals surface area (Å²) in [6.45, 7) is -2.45. The Labute approximate surface area is 159 Å². The summed E-state index contributed by atoms with van der Waals surface area (Å²) in [5.74, 6) is 0. The van der Waals surface area contributed by atoms with E-state index in [1.165, 1.54) is 0 Å². The molecule has 0 radical (unpaired) electrons. The van der Waals surface area contributed by atoms with E-state index in [4.69, 9.17) is 24.1 Å². The van der Waals surface area contributed by atoms with Crippen LogP contribution in [0, 0.1) is 0 Å². The monoisotopic (exact) mass is 416 g/mol. The van der Waals surface area contributed by atoms with Crippen molar-refractivity contribution in [3.63, 3.8) is 0 Å². The van der Waals surface area contributed by atoms with Crippen LogP contribution in [0.25, 0.3) is 0 Å². The van der Waals surface area contributed by atoms with Crippen molar-refractivity contribution in [3.05, 3.63) is 0 Å². The molecule has 11 atom stereocenters. The Bertz CT molecular complexity index is 465. The van der Waals surface area contributed by atoms with Crippen molar-refractivity contribution in [3.8, 4) is 0 Å². The molecule has 0 aromatic rings. The number of rotatable bonds is 8. The lowest BCUT2D eigenvalue weighted by Gasteiger charge is -2.46. The van der Waals surface area contributed by atoms with Crippen LogP contribution in [0.4, 0.5) is 0 Å². The molecule has 0 aromatic carbocycles. The van der Waals surface area contributed by atoms with Crippen LogP contribution < -0.4 is 0 Å². The molecule has 0 unspecified atom stereocenters. The van der Waals surface area contributed by atoms with E-state index in [9.17, 15) is 40.9 Å². The molecule has 0 amide bonds. The van der Waals surface area contributed by atoms with Gasteiger partial charge in [-0.15, -0.1) is 0 Å². The summed E-state index contributed by atoms with van der Waals surface area (Å²) >= 11 is 0. The van der Waals surface area contributed by atoms with Crippen molar-refractivity contribution >= 4 is 0 Å². The lowest BCUT2D eigenvalue weighted by molar-refractivity contribution is -0.368. The highest BCUT2D eigenvalue weighted by molar-refractivity contribution is 4.93. The van der Waals surface area contributed by atoms with Gasteiger partial charge in [-0.3, -0.25) is 0 Å². The van der Waals surface area contributed by atoms with Crippen molar-refractivity contribution in [1.29, 1.82) is 0 Å². The first-order chi connectivity index (χ1) is 13.2. The van der Waals surface area contributed by atoms with E-state index < -0.39 is 93.9 Å². The first-order valence-electron chi connectivity index (χ1n) is 8.74. The highest BCUT2D eigenvalue weighted by atomic mass is 16.8. The average Bonchev–Trinajstić information content (AvgIpc) is 2.70. The predicted molar refractivity (Wildman–Crippen MR) is 85.4 cm³/mol. The Kier molecular flexibility index (Phi) is 8.90. The standard InChI is InChI=1S/C15H28O13/c16-1-5(19)4-25-15-13(11(23)9(21)7(3-18)27-15)28-14-12(24)10(22)8(20)6(2-17)26-14/h5-24H,1-4H2/t5-,6+,7-,8-,9-,10+,11+,12+,13-,14-,15-/m0/s1. The molecular formula is C15H28O13. The van der Waals surface area contributed by atoms with Crippen LogP contribution in [-0.4, -0.2) is 140 Å². The largest absolute Gasteiger partial charge is 0.394 e. The van der Waals surface area contributed by atoms with Crippen LogP contribution in [-0.2, 0) is 18.9 Å². The molecule has 2 heterocycles. The van der Waals surface area contributed by atoms with Crippen LogP contribution in [0.2, 0.25) is 0 Å². The quantitative estimate of drug-likeness (QED) is 0.180. The molecule has 0 bridgehead atoms. The summed E-state index contributed by atoms with van der Waals surface area (Å²) in [4.78, 5) is 0. The highest BCUT2D eigenvalue weighted by Gasteiger charge is 2.50. The minimum atomic E-state index is -1.78. The molecule has 9 N–H and O–H groups in total. The van der Waals surface area contributed by atoms with Crippen molar-refractivity contribution in [2.24, 2.45) is 0 Å². The van der Waals surface area contributed by atoms with E-state index in [2.05, 4.69) is 0 Å². The average molecular weight is 416 g/mol. The third-order valence-corrected chi connectivity index (χ3v) is 4.63. The summed E-state index contributed by atoms with van der Waals surface area (Å²) in [5, 5.41) is 86.9. The summed E-state index contributed by atoms with van der Waals surface area (Å²) in [7, 11) is 0. The summed E-state index contributed by atoms with van der Waals surface area (Å²) < 4.78 is 21.1. The smallest absolute Gasteiger partial charge is 0.187 e. The van der Waals surface area contributed by atoms with Crippen LogP contribution in [0.5, 0.6) is 0 Å². The van der Waals surface area contributed by atoms with Crippen LogP contribution in [0.1, 0.15) is 0 Å². The number of ether oxygens (including phenoxy) is 4. The Hall–Kier alpha value is -0.520. The fourth-order valence-corrected chi connectivity index (χ4v) is 2.93. The van der Waals surface area contributed by atoms with Gasteiger partial charge in [0.1, 0.15) is 54.9 Å². The molecule has 166 valence electrons. The van der Waals surface area contributed by atoms with Gasteiger partial charge in [-0.05, 0) is 0 Å². The maximum Gasteiger partial charge on any atom is 0.187 e. The lowest BCUT2D eigenvalue weighted by atomic mass is 9.97. The molecule has 0 aliphatic carbocycles. The van der Waals surface area contributed by atoms with Crippen LogP contribution in [0.3, 0.4) is 0 Å². The van der Waals surface area contributed by atoms with E-state index in [1.807, 2.05) is 0 Å². The van der Waals surface area contributed by atoms with Gasteiger partial charge in [-0.1, -0.05) is 0 Å². The molecule has 0 spiro atoms. The molecule has 2 aliphatic heterocycles. The van der Waals surface area contributed by atoms with Gasteiger partial charge in [-0.2, -0.15) is 0 Å². The zero-order chi connectivity index (χ0) is 21.0. The summed E-state index contributed by atoms with van der Waals surface area (Å²) in [5.41, 5.74) is 0. The zero-order valence-electron chi connectivity index (χ0n) is 14.8. The molecule has 13 nitrogen and oxygen atoms in total. The number of aliphatic hydroxyl groups excluding tert-OH is 9. The first-order valence-corrected chi connectivity index (χ1v) is 8.74. The SMILES string of the molecule is OC[C@H](O)CO[C@H]1O[C@@H](CO)[C@H](O)[C@@H](O)[C@@H]1O[C@@H]1O[C@H](CO)[C@H](O)[C@@H](O)[C@H]1O. The summed E-state index contributed by atoms with van der Waals surface area (Å²) in [6, 6.07) is 0. The van der Waals surface area contributed by atoms with Crippen LogP contribution >= 0.6 is 0 Å². The van der Waals surface area contributed by atoms with Gasteiger partial charge >= 0.3 is 0 Å². The normalized spacial score (nSPS) is 45.8.